The highest BCUT2D eigenvalue weighted by Gasteiger charge is 2.15. The first-order valence-corrected chi connectivity index (χ1v) is 4.84. The number of amides is 1. The summed E-state index contributed by atoms with van der Waals surface area (Å²) in [5, 5.41) is 9.85. The number of benzene rings is 1. The number of aromatic nitrogens is 2. The largest absolute Gasteiger partial charge is 0.320 e. The monoisotopic (exact) mass is 217 g/mol. The SMILES string of the molecule is Cc1ccccc1NC(=O)c1nonc1C. The van der Waals surface area contributed by atoms with Crippen molar-refractivity contribution in [3.8, 4) is 0 Å². The Hall–Kier alpha value is -2.17. The van der Waals surface area contributed by atoms with Gasteiger partial charge in [-0.3, -0.25) is 4.79 Å². The number of aryl methyl sites for hydroxylation is 2. The molecular weight excluding hydrogens is 206 g/mol. The predicted molar refractivity (Wildman–Crippen MR) is 58.2 cm³/mol. The van der Waals surface area contributed by atoms with E-state index in [1.165, 1.54) is 0 Å². The molecule has 0 saturated heterocycles. The molecule has 1 aromatic heterocycles. The number of carbonyl (C=O) groups is 1. The lowest BCUT2D eigenvalue weighted by molar-refractivity contribution is 0.101. The topological polar surface area (TPSA) is 68.0 Å². The minimum Gasteiger partial charge on any atom is -0.320 e. The van der Waals surface area contributed by atoms with Gasteiger partial charge in [-0.2, -0.15) is 0 Å². The second kappa shape index (κ2) is 4.14. The molecule has 1 aromatic carbocycles. The maximum Gasteiger partial charge on any atom is 0.279 e. The highest BCUT2D eigenvalue weighted by molar-refractivity contribution is 6.03. The molecule has 0 unspecified atom stereocenters. The van der Waals surface area contributed by atoms with Crippen LogP contribution in [-0.2, 0) is 0 Å². The maximum absolute atomic E-state index is 11.8. The molecule has 1 N–H and O–H groups in total. The standard InChI is InChI=1S/C11H11N3O2/c1-7-5-3-4-6-9(7)12-11(15)10-8(2)13-16-14-10/h3-6H,1-2H3,(H,12,15). The molecule has 2 rings (SSSR count). The van der Waals surface area contributed by atoms with Gasteiger partial charge in [0.25, 0.3) is 5.91 Å². The van der Waals surface area contributed by atoms with Gasteiger partial charge in [-0.05, 0) is 30.6 Å². The Morgan fingerprint density at radius 3 is 2.62 bits per heavy atom. The Balaban J connectivity index is 2.21. The van der Waals surface area contributed by atoms with E-state index < -0.39 is 0 Å². The van der Waals surface area contributed by atoms with E-state index in [0.29, 0.717) is 5.69 Å². The molecule has 0 bridgehead atoms. The predicted octanol–water partition coefficient (Wildman–Crippen LogP) is 1.94. The van der Waals surface area contributed by atoms with Gasteiger partial charge in [0.2, 0.25) is 0 Å². The van der Waals surface area contributed by atoms with Crippen LogP contribution in [-0.4, -0.2) is 16.2 Å². The van der Waals surface area contributed by atoms with E-state index in [0.717, 1.165) is 11.3 Å². The lowest BCUT2D eigenvalue weighted by Crippen LogP contribution is -2.14. The van der Waals surface area contributed by atoms with E-state index in [1.54, 1.807) is 6.92 Å². The van der Waals surface area contributed by atoms with Crippen LogP contribution in [0.2, 0.25) is 0 Å². The zero-order valence-electron chi connectivity index (χ0n) is 9.02. The summed E-state index contributed by atoms with van der Waals surface area (Å²) in [4.78, 5) is 11.8. The van der Waals surface area contributed by atoms with Crippen molar-refractivity contribution in [1.29, 1.82) is 0 Å². The van der Waals surface area contributed by atoms with Crippen molar-refractivity contribution in [2.45, 2.75) is 13.8 Å². The van der Waals surface area contributed by atoms with Gasteiger partial charge in [0.1, 0.15) is 5.69 Å². The number of nitrogens with zero attached hydrogens (tertiary/aromatic N) is 2. The van der Waals surface area contributed by atoms with Gasteiger partial charge in [0.05, 0.1) is 0 Å². The molecule has 0 fully saturated rings. The summed E-state index contributed by atoms with van der Waals surface area (Å²) in [6.07, 6.45) is 0. The molecule has 0 radical (unpaired) electrons. The van der Waals surface area contributed by atoms with Crippen LogP contribution >= 0.6 is 0 Å². The molecular formula is C11H11N3O2. The molecule has 5 nitrogen and oxygen atoms in total. The van der Waals surface area contributed by atoms with Crippen molar-refractivity contribution in [3.63, 3.8) is 0 Å². The summed E-state index contributed by atoms with van der Waals surface area (Å²) >= 11 is 0. The van der Waals surface area contributed by atoms with Crippen molar-refractivity contribution in [1.82, 2.24) is 10.3 Å². The smallest absolute Gasteiger partial charge is 0.279 e. The molecule has 82 valence electrons. The fraction of sp³-hybridized carbons (Fsp3) is 0.182. The van der Waals surface area contributed by atoms with Crippen LogP contribution in [0.3, 0.4) is 0 Å². The van der Waals surface area contributed by atoms with Gasteiger partial charge < -0.3 is 5.32 Å². The lowest BCUT2D eigenvalue weighted by Gasteiger charge is -2.05. The van der Waals surface area contributed by atoms with Gasteiger partial charge in [-0.25, -0.2) is 4.63 Å². The first-order chi connectivity index (χ1) is 7.68. The first kappa shape index (κ1) is 10.4. The number of para-hydroxylation sites is 1. The second-order valence-electron chi connectivity index (χ2n) is 3.47. The third-order valence-corrected chi connectivity index (χ3v) is 2.26. The quantitative estimate of drug-likeness (QED) is 0.834. The maximum atomic E-state index is 11.8. The molecule has 0 spiro atoms. The van der Waals surface area contributed by atoms with E-state index in [4.69, 9.17) is 0 Å². The molecule has 0 atom stereocenters. The number of nitrogens with one attached hydrogen (secondary N) is 1. The van der Waals surface area contributed by atoms with Gasteiger partial charge in [0, 0.05) is 5.69 Å². The van der Waals surface area contributed by atoms with E-state index in [-0.39, 0.29) is 11.6 Å². The Kier molecular flexibility index (Phi) is 2.68. The average Bonchev–Trinajstić information content (AvgIpc) is 2.68. The Labute approximate surface area is 92.4 Å². The molecule has 0 aliphatic rings. The summed E-state index contributed by atoms with van der Waals surface area (Å²) in [6, 6.07) is 7.52. The van der Waals surface area contributed by atoms with Crippen molar-refractivity contribution < 1.29 is 9.42 Å². The average molecular weight is 217 g/mol. The lowest BCUT2D eigenvalue weighted by atomic mass is 10.2. The van der Waals surface area contributed by atoms with Crippen LogP contribution in [0, 0.1) is 13.8 Å². The molecule has 0 aliphatic heterocycles. The van der Waals surface area contributed by atoms with Gasteiger partial charge in [-0.15, -0.1) is 0 Å². The number of hydrogen-bond acceptors (Lipinski definition) is 4. The minimum atomic E-state index is -0.312. The van der Waals surface area contributed by atoms with Crippen molar-refractivity contribution in [3.05, 3.63) is 41.2 Å². The number of rotatable bonds is 2. The summed E-state index contributed by atoms with van der Waals surface area (Å²) in [5.74, 6) is -0.312. The molecule has 5 heteroatoms. The summed E-state index contributed by atoms with van der Waals surface area (Å²) in [7, 11) is 0. The normalized spacial score (nSPS) is 10.1. The second-order valence-corrected chi connectivity index (χ2v) is 3.47. The third-order valence-electron chi connectivity index (χ3n) is 2.26. The highest BCUT2D eigenvalue weighted by Crippen LogP contribution is 2.14. The summed E-state index contributed by atoms with van der Waals surface area (Å²) in [5.41, 5.74) is 2.44. The van der Waals surface area contributed by atoms with E-state index in [1.807, 2.05) is 31.2 Å². The zero-order valence-corrected chi connectivity index (χ0v) is 9.02. The summed E-state index contributed by atoms with van der Waals surface area (Å²) in [6.45, 7) is 3.59. The first-order valence-electron chi connectivity index (χ1n) is 4.84. The summed E-state index contributed by atoms with van der Waals surface area (Å²) < 4.78 is 4.47. The van der Waals surface area contributed by atoms with Crippen molar-refractivity contribution >= 4 is 11.6 Å². The fourth-order valence-electron chi connectivity index (χ4n) is 1.33. The molecule has 1 heterocycles. The third kappa shape index (κ3) is 1.93. The van der Waals surface area contributed by atoms with Gasteiger partial charge >= 0.3 is 0 Å². The molecule has 0 saturated carbocycles. The van der Waals surface area contributed by atoms with Crippen molar-refractivity contribution in [2.75, 3.05) is 5.32 Å². The molecule has 1 amide bonds. The van der Waals surface area contributed by atoms with Crippen LogP contribution < -0.4 is 5.32 Å². The minimum absolute atomic E-state index is 0.211. The molecule has 16 heavy (non-hydrogen) atoms. The zero-order chi connectivity index (χ0) is 11.5. The van der Waals surface area contributed by atoms with Crippen LogP contribution in [0.1, 0.15) is 21.7 Å². The van der Waals surface area contributed by atoms with Crippen LogP contribution in [0.5, 0.6) is 0 Å². The number of anilines is 1. The Bertz CT molecular complexity index is 519. The number of carbonyl (C=O) groups excluding carboxylic acids is 1. The number of hydrogen-bond donors (Lipinski definition) is 1. The molecule has 2 aromatic rings. The van der Waals surface area contributed by atoms with Gasteiger partial charge in [-0.1, -0.05) is 23.4 Å². The molecule has 0 aliphatic carbocycles. The van der Waals surface area contributed by atoms with E-state index >= 15 is 0 Å². The highest BCUT2D eigenvalue weighted by atomic mass is 16.6. The Morgan fingerprint density at radius 1 is 1.25 bits per heavy atom. The van der Waals surface area contributed by atoms with Crippen LogP contribution in [0.15, 0.2) is 28.9 Å². The van der Waals surface area contributed by atoms with E-state index in [9.17, 15) is 4.79 Å². The van der Waals surface area contributed by atoms with Crippen molar-refractivity contribution in [2.24, 2.45) is 0 Å². The Morgan fingerprint density at radius 2 is 2.00 bits per heavy atom. The van der Waals surface area contributed by atoms with E-state index in [2.05, 4.69) is 20.3 Å². The van der Waals surface area contributed by atoms with Crippen LogP contribution in [0.25, 0.3) is 0 Å². The van der Waals surface area contributed by atoms with Gasteiger partial charge in [0.15, 0.2) is 5.69 Å². The fourth-order valence-corrected chi connectivity index (χ4v) is 1.33. The van der Waals surface area contributed by atoms with Crippen LogP contribution in [0.4, 0.5) is 5.69 Å².